The number of carboxylic acid groups (broad SMARTS) is 1. The molecule has 0 radical (unpaired) electrons. The molecule has 0 rings (SSSR count). The maximum absolute atomic E-state index is 10.1. The van der Waals surface area contributed by atoms with Crippen molar-refractivity contribution in [2.24, 2.45) is 5.16 Å². The van der Waals surface area contributed by atoms with Crippen LogP contribution in [-0.2, 0) is 14.1 Å². The summed E-state index contributed by atoms with van der Waals surface area (Å²) in [5, 5.41) is 11.7. The van der Waals surface area contributed by atoms with Crippen LogP contribution in [0.1, 0.15) is 20.8 Å². The standard InChI is InChI=1S/C10H21NO4Si/c1-10(2,3)16(4,5)15-7-6-14-11-8-9(12)13/h8H,6-7H2,1-5H3,(H,12,13). The Kier molecular flexibility index (Phi) is 5.67. The van der Waals surface area contributed by atoms with E-state index in [1.165, 1.54) is 0 Å². The minimum atomic E-state index is -1.74. The van der Waals surface area contributed by atoms with E-state index in [-0.39, 0.29) is 11.6 Å². The first-order valence-electron chi connectivity index (χ1n) is 5.19. The summed E-state index contributed by atoms with van der Waals surface area (Å²) in [4.78, 5) is 14.8. The maximum atomic E-state index is 10.1. The topological polar surface area (TPSA) is 68.1 Å². The monoisotopic (exact) mass is 247 g/mol. The number of nitrogens with zero attached hydrogens (tertiary/aromatic N) is 1. The van der Waals surface area contributed by atoms with Gasteiger partial charge in [0.2, 0.25) is 0 Å². The molecule has 0 spiro atoms. The Labute approximate surface area is 97.6 Å². The van der Waals surface area contributed by atoms with Crippen molar-refractivity contribution in [3.8, 4) is 0 Å². The maximum Gasteiger partial charge on any atom is 0.350 e. The normalized spacial score (nSPS) is 13.1. The highest BCUT2D eigenvalue weighted by Gasteiger charge is 2.36. The van der Waals surface area contributed by atoms with Crippen molar-refractivity contribution in [3.05, 3.63) is 0 Å². The Hall–Kier alpha value is -0.883. The molecule has 5 nitrogen and oxygen atoms in total. The average molecular weight is 247 g/mol. The van der Waals surface area contributed by atoms with Crippen molar-refractivity contribution in [1.82, 2.24) is 0 Å². The Morgan fingerprint density at radius 1 is 1.38 bits per heavy atom. The van der Waals surface area contributed by atoms with Crippen LogP contribution in [0.15, 0.2) is 5.16 Å². The van der Waals surface area contributed by atoms with Gasteiger partial charge in [-0.15, -0.1) is 0 Å². The first kappa shape index (κ1) is 15.1. The lowest BCUT2D eigenvalue weighted by atomic mass is 10.2. The average Bonchev–Trinajstić information content (AvgIpc) is 2.08. The van der Waals surface area contributed by atoms with E-state index < -0.39 is 14.3 Å². The Morgan fingerprint density at radius 3 is 2.38 bits per heavy atom. The van der Waals surface area contributed by atoms with E-state index in [2.05, 4.69) is 39.0 Å². The van der Waals surface area contributed by atoms with E-state index in [0.717, 1.165) is 0 Å². The molecule has 0 saturated heterocycles. The summed E-state index contributed by atoms with van der Waals surface area (Å²) >= 11 is 0. The number of aliphatic carboxylic acids is 1. The molecule has 0 aromatic rings. The summed E-state index contributed by atoms with van der Waals surface area (Å²) < 4.78 is 5.79. The molecule has 94 valence electrons. The molecule has 0 aliphatic heterocycles. The largest absolute Gasteiger partial charge is 0.477 e. The van der Waals surface area contributed by atoms with Gasteiger partial charge in [-0.05, 0) is 18.1 Å². The SMILES string of the molecule is CC(C)(C)[Si](C)(C)OCCON=CC(=O)O. The van der Waals surface area contributed by atoms with E-state index in [4.69, 9.17) is 14.4 Å². The van der Waals surface area contributed by atoms with Crippen molar-refractivity contribution in [2.45, 2.75) is 38.9 Å². The molecule has 0 saturated carbocycles. The van der Waals surface area contributed by atoms with Crippen LogP contribution in [0.3, 0.4) is 0 Å². The van der Waals surface area contributed by atoms with Gasteiger partial charge in [-0.1, -0.05) is 25.9 Å². The number of oxime groups is 1. The molecule has 0 unspecified atom stereocenters. The summed E-state index contributed by atoms with van der Waals surface area (Å²) in [5.74, 6) is -1.12. The molecule has 0 aliphatic rings. The van der Waals surface area contributed by atoms with Crippen molar-refractivity contribution < 1.29 is 19.2 Å². The molecule has 0 fully saturated rings. The summed E-state index contributed by atoms with van der Waals surface area (Å²) in [6.07, 6.45) is 0.715. The number of hydrogen-bond donors (Lipinski definition) is 1. The molecule has 0 atom stereocenters. The van der Waals surface area contributed by atoms with E-state index >= 15 is 0 Å². The van der Waals surface area contributed by atoms with Gasteiger partial charge in [0.1, 0.15) is 6.61 Å². The zero-order valence-electron chi connectivity index (χ0n) is 10.6. The van der Waals surface area contributed by atoms with Gasteiger partial charge >= 0.3 is 5.97 Å². The highest BCUT2D eigenvalue weighted by Crippen LogP contribution is 2.36. The number of rotatable bonds is 6. The molecule has 16 heavy (non-hydrogen) atoms. The molecule has 0 heterocycles. The second kappa shape index (κ2) is 6.00. The zero-order chi connectivity index (χ0) is 12.8. The minimum absolute atomic E-state index is 0.164. The highest BCUT2D eigenvalue weighted by atomic mass is 28.4. The van der Waals surface area contributed by atoms with Gasteiger partial charge < -0.3 is 14.4 Å². The van der Waals surface area contributed by atoms with Gasteiger partial charge in [-0.25, -0.2) is 4.79 Å². The number of carbonyl (C=O) groups is 1. The molecule has 0 aliphatic carbocycles. The van der Waals surface area contributed by atoms with Gasteiger partial charge in [0.15, 0.2) is 14.5 Å². The lowest BCUT2D eigenvalue weighted by Gasteiger charge is -2.35. The van der Waals surface area contributed by atoms with Crippen molar-refractivity contribution >= 4 is 20.5 Å². The molecule has 0 amide bonds. The minimum Gasteiger partial charge on any atom is -0.477 e. The fourth-order valence-corrected chi connectivity index (χ4v) is 1.71. The second-order valence-corrected chi connectivity index (χ2v) is 9.82. The van der Waals surface area contributed by atoms with Crippen LogP contribution < -0.4 is 0 Å². The highest BCUT2D eigenvalue weighted by molar-refractivity contribution is 6.74. The second-order valence-electron chi connectivity index (χ2n) is 5.01. The van der Waals surface area contributed by atoms with Crippen molar-refractivity contribution in [1.29, 1.82) is 0 Å². The Morgan fingerprint density at radius 2 is 1.94 bits per heavy atom. The number of hydrogen-bond acceptors (Lipinski definition) is 4. The van der Waals surface area contributed by atoms with Crippen LogP contribution >= 0.6 is 0 Å². The van der Waals surface area contributed by atoms with E-state index in [1.807, 2.05) is 0 Å². The first-order chi connectivity index (χ1) is 7.17. The fourth-order valence-electron chi connectivity index (χ4n) is 0.686. The van der Waals surface area contributed by atoms with Gasteiger partial charge in [0, 0.05) is 0 Å². The van der Waals surface area contributed by atoms with E-state index in [9.17, 15) is 4.79 Å². The quantitative estimate of drug-likeness (QED) is 0.338. The van der Waals surface area contributed by atoms with Gasteiger partial charge in [0.25, 0.3) is 0 Å². The third-order valence-corrected chi connectivity index (χ3v) is 7.22. The summed E-state index contributed by atoms with van der Waals surface area (Å²) in [7, 11) is -1.74. The predicted octanol–water partition coefficient (Wildman–Crippen LogP) is 2.10. The van der Waals surface area contributed by atoms with Crippen molar-refractivity contribution in [3.63, 3.8) is 0 Å². The molecule has 0 aromatic carbocycles. The predicted molar refractivity (Wildman–Crippen MR) is 65.2 cm³/mol. The van der Waals surface area contributed by atoms with Crippen LogP contribution in [-0.4, -0.2) is 38.8 Å². The zero-order valence-corrected chi connectivity index (χ0v) is 11.6. The fraction of sp³-hybridized carbons (Fsp3) is 0.800. The van der Waals surface area contributed by atoms with E-state index in [1.54, 1.807) is 0 Å². The van der Waals surface area contributed by atoms with Crippen LogP contribution in [0.2, 0.25) is 18.1 Å². The van der Waals surface area contributed by atoms with Crippen LogP contribution in [0, 0.1) is 0 Å². The van der Waals surface area contributed by atoms with Crippen LogP contribution in [0.25, 0.3) is 0 Å². The molecule has 0 bridgehead atoms. The summed E-state index contributed by atoms with van der Waals surface area (Å²) in [5.41, 5.74) is 0. The Balaban J connectivity index is 3.79. The molecule has 6 heteroatoms. The first-order valence-corrected chi connectivity index (χ1v) is 8.10. The third kappa shape index (κ3) is 5.87. The number of carboxylic acids is 1. The molecular weight excluding hydrogens is 226 g/mol. The van der Waals surface area contributed by atoms with Gasteiger partial charge in [0.05, 0.1) is 6.61 Å². The van der Waals surface area contributed by atoms with Crippen LogP contribution in [0.5, 0.6) is 0 Å². The third-order valence-electron chi connectivity index (χ3n) is 2.68. The molecule has 1 N–H and O–H groups in total. The lowest BCUT2D eigenvalue weighted by Crippen LogP contribution is -2.41. The van der Waals surface area contributed by atoms with E-state index in [0.29, 0.717) is 12.8 Å². The Bertz CT molecular complexity index is 258. The van der Waals surface area contributed by atoms with Gasteiger partial charge in [-0.2, -0.15) is 0 Å². The smallest absolute Gasteiger partial charge is 0.350 e. The molecule has 0 aromatic heterocycles. The van der Waals surface area contributed by atoms with Crippen molar-refractivity contribution in [2.75, 3.05) is 13.2 Å². The summed E-state index contributed by atoms with van der Waals surface area (Å²) in [6.45, 7) is 11.5. The molecular formula is C10H21NO4Si. The van der Waals surface area contributed by atoms with Crippen LogP contribution in [0.4, 0.5) is 0 Å². The summed E-state index contributed by atoms with van der Waals surface area (Å²) in [6, 6.07) is 0. The lowest BCUT2D eigenvalue weighted by molar-refractivity contribution is -0.129. The van der Waals surface area contributed by atoms with Gasteiger partial charge in [-0.3, -0.25) is 0 Å².